The summed E-state index contributed by atoms with van der Waals surface area (Å²) in [4.78, 5) is 4.76. The summed E-state index contributed by atoms with van der Waals surface area (Å²) in [7, 11) is 3.37. The van der Waals surface area contributed by atoms with E-state index in [1.54, 1.807) is 14.2 Å². The van der Waals surface area contributed by atoms with Gasteiger partial charge in [0.25, 0.3) is 0 Å². The fourth-order valence-corrected chi connectivity index (χ4v) is 3.44. The van der Waals surface area contributed by atoms with Crippen LogP contribution in [0.5, 0.6) is 11.5 Å². The van der Waals surface area contributed by atoms with Gasteiger partial charge in [-0.3, -0.25) is 0 Å². The van der Waals surface area contributed by atoms with Crippen molar-refractivity contribution in [3.63, 3.8) is 0 Å². The molecule has 0 saturated heterocycles. The van der Waals surface area contributed by atoms with E-state index in [0.29, 0.717) is 19.8 Å². The van der Waals surface area contributed by atoms with Gasteiger partial charge in [0, 0.05) is 32.4 Å². The van der Waals surface area contributed by atoms with Crippen molar-refractivity contribution in [1.82, 2.24) is 10.6 Å². The van der Waals surface area contributed by atoms with E-state index in [2.05, 4.69) is 23.6 Å². The monoisotopic (exact) mass is 421 g/mol. The Morgan fingerprint density at radius 1 is 1.07 bits per heavy atom. The van der Waals surface area contributed by atoms with Crippen LogP contribution in [0.1, 0.15) is 51.0 Å². The van der Waals surface area contributed by atoms with E-state index >= 15 is 0 Å². The summed E-state index contributed by atoms with van der Waals surface area (Å²) in [6.45, 7) is 6.32. The highest BCUT2D eigenvalue weighted by atomic mass is 16.5. The molecule has 0 radical (unpaired) electrons. The predicted octanol–water partition coefficient (Wildman–Crippen LogP) is 3.51. The second-order valence-electron chi connectivity index (χ2n) is 7.41. The number of methoxy groups -OCH3 is 2. The SMILES string of the molecule is CCNC(=NCc1cccc(OC)c1OC1CCCC1)NCCCCOCCOC. The normalized spacial score (nSPS) is 14.7. The number of hydrogen-bond acceptors (Lipinski definition) is 5. The molecule has 0 aromatic heterocycles. The van der Waals surface area contributed by atoms with E-state index < -0.39 is 0 Å². The summed E-state index contributed by atoms with van der Waals surface area (Å²) in [5.41, 5.74) is 1.05. The molecule has 30 heavy (non-hydrogen) atoms. The Morgan fingerprint density at radius 3 is 2.63 bits per heavy atom. The lowest BCUT2D eigenvalue weighted by Crippen LogP contribution is -2.37. The first-order chi connectivity index (χ1) is 14.8. The molecule has 1 aliphatic carbocycles. The summed E-state index contributed by atoms with van der Waals surface area (Å²) < 4.78 is 22.3. The van der Waals surface area contributed by atoms with E-state index in [1.165, 1.54) is 12.8 Å². The van der Waals surface area contributed by atoms with Gasteiger partial charge in [-0.2, -0.15) is 0 Å². The average Bonchev–Trinajstić information content (AvgIpc) is 3.27. The van der Waals surface area contributed by atoms with E-state index in [9.17, 15) is 0 Å². The van der Waals surface area contributed by atoms with Crippen molar-refractivity contribution < 1.29 is 18.9 Å². The highest BCUT2D eigenvalue weighted by molar-refractivity contribution is 5.79. The van der Waals surface area contributed by atoms with Crippen LogP contribution in [0.4, 0.5) is 0 Å². The van der Waals surface area contributed by atoms with Crippen molar-refractivity contribution in [2.75, 3.05) is 47.1 Å². The summed E-state index contributed by atoms with van der Waals surface area (Å²) in [5.74, 6) is 2.42. The molecule has 7 heteroatoms. The molecule has 1 saturated carbocycles. The molecule has 2 N–H and O–H groups in total. The van der Waals surface area contributed by atoms with Crippen molar-refractivity contribution >= 4 is 5.96 Å². The number of hydrogen-bond donors (Lipinski definition) is 2. The number of guanidine groups is 1. The largest absolute Gasteiger partial charge is 0.493 e. The molecule has 1 aliphatic rings. The number of nitrogens with one attached hydrogen (secondary N) is 2. The summed E-state index contributed by atoms with van der Waals surface area (Å²) in [6, 6.07) is 6.02. The molecule has 2 rings (SSSR count). The average molecular weight is 422 g/mol. The third-order valence-corrected chi connectivity index (χ3v) is 5.06. The van der Waals surface area contributed by atoms with Crippen LogP contribution < -0.4 is 20.1 Å². The van der Waals surface area contributed by atoms with E-state index in [4.69, 9.17) is 23.9 Å². The van der Waals surface area contributed by atoms with Gasteiger partial charge >= 0.3 is 0 Å². The van der Waals surface area contributed by atoms with Crippen LogP contribution in [0.25, 0.3) is 0 Å². The second-order valence-corrected chi connectivity index (χ2v) is 7.41. The van der Waals surface area contributed by atoms with E-state index in [0.717, 1.165) is 68.4 Å². The van der Waals surface area contributed by atoms with Crippen LogP contribution >= 0.6 is 0 Å². The molecule has 7 nitrogen and oxygen atoms in total. The standard InChI is InChI=1S/C23H39N3O4/c1-4-24-23(25-14-7-8-15-29-17-16-27-2)26-18-19-10-9-13-21(28-3)22(19)30-20-11-5-6-12-20/h9-10,13,20H,4-8,11-12,14-18H2,1-3H3,(H2,24,25,26). The lowest BCUT2D eigenvalue weighted by molar-refractivity contribution is 0.0689. The Morgan fingerprint density at radius 2 is 1.90 bits per heavy atom. The number of ether oxygens (including phenoxy) is 4. The minimum Gasteiger partial charge on any atom is -0.493 e. The quantitative estimate of drug-likeness (QED) is 0.272. The Labute approximate surface area is 181 Å². The zero-order chi connectivity index (χ0) is 21.4. The molecular weight excluding hydrogens is 382 g/mol. The highest BCUT2D eigenvalue weighted by Crippen LogP contribution is 2.35. The van der Waals surface area contributed by atoms with Crippen LogP contribution in [-0.4, -0.2) is 59.2 Å². The molecule has 1 aromatic rings. The summed E-state index contributed by atoms with van der Waals surface area (Å²) in [5, 5.41) is 6.71. The predicted molar refractivity (Wildman–Crippen MR) is 121 cm³/mol. The van der Waals surface area contributed by atoms with Gasteiger partial charge in [-0.1, -0.05) is 12.1 Å². The summed E-state index contributed by atoms with van der Waals surface area (Å²) in [6.07, 6.45) is 7.00. The second kappa shape index (κ2) is 14.9. The van der Waals surface area contributed by atoms with Crippen molar-refractivity contribution in [3.05, 3.63) is 23.8 Å². The number of benzene rings is 1. The molecule has 0 heterocycles. The first-order valence-corrected chi connectivity index (χ1v) is 11.2. The third kappa shape index (κ3) is 8.79. The maximum Gasteiger partial charge on any atom is 0.191 e. The molecule has 0 spiro atoms. The van der Waals surface area contributed by atoms with Crippen LogP contribution in [-0.2, 0) is 16.0 Å². The van der Waals surface area contributed by atoms with Gasteiger partial charge in [-0.15, -0.1) is 0 Å². The Balaban J connectivity index is 1.88. The zero-order valence-corrected chi connectivity index (χ0v) is 18.9. The van der Waals surface area contributed by atoms with Gasteiger partial charge in [-0.05, 0) is 51.5 Å². The highest BCUT2D eigenvalue weighted by Gasteiger charge is 2.20. The van der Waals surface area contributed by atoms with Crippen LogP contribution in [0.2, 0.25) is 0 Å². The molecular formula is C23H39N3O4. The molecule has 0 amide bonds. The summed E-state index contributed by atoms with van der Waals surface area (Å²) >= 11 is 0. The zero-order valence-electron chi connectivity index (χ0n) is 18.9. The first-order valence-electron chi connectivity index (χ1n) is 11.2. The molecule has 1 aromatic carbocycles. The topological polar surface area (TPSA) is 73.3 Å². The molecule has 1 fully saturated rings. The Hall–Kier alpha value is -1.99. The third-order valence-electron chi connectivity index (χ3n) is 5.06. The molecule has 0 bridgehead atoms. The van der Waals surface area contributed by atoms with Crippen LogP contribution in [0.15, 0.2) is 23.2 Å². The number of para-hydroxylation sites is 1. The maximum atomic E-state index is 6.32. The number of nitrogens with zero attached hydrogens (tertiary/aromatic N) is 1. The number of unbranched alkanes of at least 4 members (excludes halogenated alkanes) is 1. The van der Waals surface area contributed by atoms with Crippen molar-refractivity contribution in [1.29, 1.82) is 0 Å². The van der Waals surface area contributed by atoms with E-state index in [-0.39, 0.29) is 6.10 Å². The molecule has 0 unspecified atom stereocenters. The Bertz CT molecular complexity index is 618. The fourth-order valence-electron chi connectivity index (χ4n) is 3.44. The van der Waals surface area contributed by atoms with Crippen LogP contribution in [0, 0.1) is 0 Å². The molecule has 0 atom stereocenters. The van der Waals surface area contributed by atoms with Crippen molar-refractivity contribution in [2.24, 2.45) is 4.99 Å². The lowest BCUT2D eigenvalue weighted by atomic mass is 10.1. The van der Waals surface area contributed by atoms with Gasteiger partial charge in [0.05, 0.1) is 33.0 Å². The maximum absolute atomic E-state index is 6.32. The van der Waals surface area contributed by atoms with E-state index in [1.807, 2.05) is 12.1 Å². The Kier molecular flexibility index (Phi) is 12.1. The van der Waals surface area contributed by atoms with Gasteiger partial charge in [-0.25, -0.2) is 4.99 Å². The smallest absolute Gasteiger partial charge is 0.191 e. The van der Waals surface area contributed by atoms with Crippen LogP contribution in [0.3, 0.4) is 0 Å². The first kappa shape index (κ1) is 24.3. The van der Waals surface area contributed by atoms with Crippen molar-refractivity contribution in [2.45, 2.75) is 58.1 Å². The van der Waals surface area contributed by atoms with Gasteiger partial charge < -0.3 is 29.6 Å². The van der Waals surface area contributed by atoms with Crippen molar-refractivity contribution in [3.8, 4) is 11.5 Å². The minimum atomic E-state index is 0.279. The van der Waals surface area contributed by atoms with Gasteiger partial charge in [0.15, 0.2) is 17.5 Å². The van der Waals surface area contributed by atoms with Gasteiger partial charge in [0.1, 0.15) is 0 Å². The fraction of sp³-hybridized carbons (Fsp3) is 0.696. The molecule has 170 valence electrons. The lowest BCUT2D eigenvalue weighted by Gasteiger charge is -2.19. The number of rotatable bonds is 14. The number of aliphatic imine (C=N–C) groups is 1. The minimum absolute atomic E-state index is 0.279. The van der Waals surface area contributed by atoms with Gasteiger partial charge in [0.2, 0.25) is 0 Å². The molecule has 0 aliphatic heterocycles.